The van der Waals surface area contributed by atoms with Crippen molar-refractivity contribution >= 4 is 11.7 Å². The summed E-state index contributed by atoms with van der Waals surface area (Å²) < 4.78 is 0. The van der Waals surface area contributed by atoms with Crippen LogP contribution in [0.2, 0.25) is 0 Å². The van der Waals surface area contributed by atoms with E-state index >= 15 is 0 Å². The third kappa shape index (κ3) is 4.67. The smallest absolute Gasteiger partial charge is 0.313 e. The van der Waals surface area contributed by atoms with Crippen molar-refractivity contribution in [3.05, 3.63) is 35.4 Å². The highest BCUT2D eigenvalue weighted by atomic mass is 16.7. The van der Waals surface area contributed by atoms with E-state index in [0.29, 0.717) is 11.5 Å². The van der Waals surface area contributed by atoms with E-state index in [0.717, 1.165) is 37.1 Å². The van der Waals surface area contributed by atoms with Crippen molar-refractivity contribution in [1.82, 2.24) is 4.90 Å². The largest absolute Gasteiger partial charge is 0.365 e. The fourth-order valence-corrected chi connectivity index (χ4v) is 2.67. The first-order valence-corrected chi connectivity index (χ1v) is 7.56. The first-order chi connectivity index (χ1) is 10.1. The van der Waals surface area contributed by atoms with Crippen LogP contribution < -0.4 is 0 Å². The van der Waals surface area contributed by atoms with Gasteiger partial charge in [0.15, 0.2) is 0 Å². The van der Waals surface area contributed by atoms with Crippen molar-refractivity contribution in [3.8, 4) is 0 Å². The minimum atomic E-state index is -0.378. The molecule has 1 aromatic rings. The molecule has 21 heavy (non-hydrogen) atoms. The van der Waals surface area contributed by atoms with Crippen LogP contribution >= 0.6 is 0 Å². The summed E-state index contributed by atoms with van der Waals surface area (Å²) in [7, 11) is 4.12. The molecular formula is C17H24N2O2. The van der Waals surface area contributed by atoms with Crippen LogP contribution in [0.3, 0.4) is 0 Å². The molecule has 1 fully saturated rings. The van der Waals surface area contributed by atoms with Crippen molar-refractivity contribution in [1.29, 1.82) is 0 Å². The van der Waals surface area contributed by atoms with Crippen LogP contribution in [0.5, 0.6) is 0 Å². The highest BCUT2D eigenvalue weighted by molar-refractivity contribution is 5.91. The van der Waals surface area contributed by atoms with Crippen LogP contribution in [0.15, 0.2) is 29.4 Å². The molecule has 4 heteroatoms. The third-order valence-corrected chi connectivity index (χ3v) is 3.83. The molecule has 2 rings (SSSR count). The Labute approximate surface area is 126 Å². The second kappa shape index (κ2) is 7.36. The third-order valence-electron chi connectivity index (χ3n) is 3.83. The van der Waals surface area contributed by atoms with E-state index in [1.54, 1.807) is 12.1 Å². The first kappa shape index (κ1) is 15.7. The van der Waals surface area contributed by atoms with E-state index in [1.165, 1.54) is 6.42 Å². The van der Waals surface area contributed by atoms with Crippen LogP contribution in [-0.4, -0.2) is 37.2 Å². The molecule has 1 aliphatic rings. The predicted molar refractivity (Wildman–Crippen MR) is 84.5 cm³/mol. The maximum Gasteiger partial charge on any atom is 0.365 e. The predicted octanol–water partition coefficient (Wildman–Crippen LogP) is 3.26. The zero-order valence-corrected chi connectivity index (χ0v) is 13.1. The Hall–Kier alpha value is -1.68. The van der Waals surface area contributed by atoms with E-state index in [2.05, 4.69) is 24.2 Å². The lowest BCUT2D eigenvalue weighted by Crippen LogP contribution is -2.30. The lowest BCUT2D eigenvalue weighted by atomic mass is 9.87. The number of nitrogens with zero attached hydrogens (tertiary/aromatic N) is 2. The second-order valence-electron chi connectivity index (χ2n) is 6.03. The first-order valence-electron chi connectivity index (χ1n) is 7.56. The minimum absolute atomic E-state index is 0.378. The molecule has 0 amide bonds. The van der Waals surface area contributed by atoms with Crippen molar-refractivity contribution in [2.75, 3.05) is 20.6 Å². The number of rotatable bonds is 4. The molecular weight excluding hydrogens is 264 g/mol. The average molecular weight is 288 g/mol. The van der Waals surface area contributed by atoms with Gasteiger partial charge < -0.3 is 9.74 Å². The van der Waals surface area contributed by atoms with E-state index in [4.69, 9.17) is 4.84 Å². The summed E-state index contributed by atoms with van der Waals surface area (Å²) in [4.78, 5) is 19.3. The second-order valence-corrected chi connectivity index (χ2v) is 6.03. The van der Waals surface area contributed by atoms with E-state index in [9.17, 15) is 4.79 Å². The minimum Gasteiger partial charge on any atom is -0.313 e. The van der Waals surface area contributed by atoms with Gasteiger partial charge in [0.2, 0.25) is 0 Å². The molecule has 0 radical (unpaired) electrons. The summed E-state index contributed by atoms with van der Waals surface area (Å²) in [5.74, 6) is 0.0243. The van der Waals surface area contributed by atoms with Gasteiger partial charge in [-0.05, 0) is 52.4 Å². The van der Waals surface area contributed by atoms with Crippen LogP contribution in [0, 0.1) is 12.8 Å². The Balaban J connectivity index is 2.00. The SMILES string of the molecule is Cc1ccc(C(=O)O/N=C2/CCCCC2CN(C)C)cc1. The van der Waals surface area contributed by atoms with Gasteiger partial charge in [0.25, 0.3) is 0 Å². The van der Waals surface area contributed by atoms with Crippen LogP contribution in [0.25, 0.3) is 0 Å². The van der Waals surface area contributed by atoms with Crippen molar-refractivity contribution in [2.45, 2.75) is 32.6 Å². The topological polar surface area (TPSA) is 41.9 Å². The Morgan fingerprint density at radius 2 is 2.00 bits per heavy atom. The summed E-state index contributed by atoms with van der Waals surface area (Å²) in [5, 5.41) is 4.16. The molecule has 0 aromatic heterocycles. The molecule has 1 aliphatic carbocycles. The van der Waals surface area contributed by atoms with Gasteiger partial charge in [-0.1, -0.05) is 29.3 Å². The van der Waals surface area contributed by atoms with Crippen LogP contribution in [0.1, 0.15) is 41.6 Å². The lowest BCUT2D eigenvalue weighted by Gasteiger charge is -2.25. The van der Waals surface area contributed by atoms with Gasteiger partial charge in [-0.3, -0.25) is 0 Å². The molecule has 114 valence electrons. The summed E-state index contributed by atoms with van der Waals surface area (Å²) in [6, 6.07) is 7.35. The molecule has 1 saturated carbocycles. The Morgan fingerprint density at radius 3 is 2.67 bits per heavy atom. The van der Waals surface area contributed by atoms with Crippen molar-refractivity contribution in [2.24, 2.45) is 11.1 Å². The standard InChI is InChI=1S/C17H24N2O2/c1-13-8-10-14(11-9-13)17(20)21-18-16-7-5-4-6-15(16)12-19(2)3/h8-11,15H,4-7,12H2,1-3H3/b18-16-. The van der Waals surface area contributed by atoms with Gasteiger partial charge in [0.1, 0.15) is 0 Å². The molecule has 0 heterocycles. The Bertz CT molecular complexity index is 506. The summed E-state index contributed by atoms with van der Waals surface area (Å²) in [6.07, 6.45) is 4.41. The van der Waals surface area contributed by atoms with Gasteiger partial charge >= 0.3 is 5.97 Å². The fourth-order valence-electron chi connectivity index (χ4n) is 2.67. The normalized spacial score (nSPS) is 20.8. The molecule has 0 saturated heterocycles. The van der Waals surface area contributed by atoms with Gasteiger partial charge in [-0.15, -0.1) is 0 Å². The lowest BCUT2D eigenvalue weighted by molar-refractivity contribution is 0.0511. The molecule has 1 aromatic carbocycles. The molecule has 1 atom stereocenters. The zero-order valence-electron chi connectivity index (χ0n) is 13.1. The molecule has 1 unspecified atom stereocenters. The number of hydrogen-bond acceptors (Lipinski definition) is 4. The summed E-state index contributed by atoms with van der Waals surface area (Å²) in [5.41, 5.74) is 2.69. The van der Waals surface area contributed by atoms with Crippen molar-refractivity contribution < 1.29 is 9.63 Å². The number of carbonyl (C=O) groups is 1. The fraction of sp³-hybridized carbons (Fsp3) is 0.529. The Morgan fingerprint density at radius 1 is 1.29 bits per heavy atom. The summed E-state index contributed by atoms with van der Waals surface area (Å²) in [6.45, 7) is 2.95. The monoisotopic (exact) mass is 288 g/mol. The van der Waals surface area contributed by atoms with Gasteiger partial charge in [0.05, 0.1) is 11.3 Å². The number of oxime groups is 1. The Kier molecular flexibility index (Phi) is 5.51. The molecule has 0 bridgehead atoms. The van der Waals surface area contributed by atoms with E-state index < -0.39 is 0 Å². The molecule has 0 aliphatic heterocycles. The van der Waals surface area contributed by atoms with E-state index in [1.807, 2.05) is 19.1 Å². The van der Waals surface area contributed by atoms with Crippen molar-refractivity contribution in [3.63, 3.8) is 0 Å². The highest BCUT2D eigenvalue weighted by Crippen LogP contribution is 2.22. The average Bonchev–Trinajstić information content (AvgIpc) is 2.46. The van der Waals surface area contributed by atoms with E-state index in [-0.39, 0.29) is 5.97 Å². The summed E-state index contributed by atoms with van der Waals surface area (Å²) >= 11 is 0. The molecule has 0 spiro atoms. The maximum atomic E-state index is 12.0. The maximum absolute atomic E-state index is 12.0. The van der Waals surface area contributed by atoms with Crippen LogP contribution in [0.4, 0.5) is 0 Å². The number of aryl methyl sites for hydroxylation is 1. The number of hydrogen-bond donors (Lipinski definition) is 0. The zero-order chi connectivity index (χ0) is 15.2. The quantitative estimate of drug-likeness (QED) is 0.631. The number of carbonyl (C=O) groups excluding carboxylic acids is 1. The van der Waals surface area contributed by atoms with Gasteiger partial charge in [-0.2, -0.15) is 0 Å². The van der Waals surface area contributed by atoms with Crippen LogP contribution in [-0.2, 0) is 4.84 Å². The van der Waals surface area contributed by atoms with Gasteiger partial charge in [-0.25, -0.2) is 4.79 Å². The molecule has 4 nitrogen and oxygen atoms in total. The molecule has 0 N–H and O–H groups in total. The highest BCUT2D eigenvalue weighted by Gasteiger charge is 2.22. The number of benzene rings is 1. The van der Waals surface area contributed by atoms with Gasteiger partial charge in [0, 0.05) is 12.5 Å².